The largest absolute Gasteiger partial charge is 0.394 e. The number of aromatic nitrogens is 2. The molecule has 26 heavy (non-hydrogen) atoms. The summed E-state index contributed by atoms with van der Waals surface area (Å²) < 4.78 is 6.52. The highest BCUT2D eigenvalue weighted by Crippen LogP contribution is 2.28. The van der Waals surface area contributed by atoms with Crippen molar-refractivity contribution >= 4 is 5.91 Å². The number of hydrogen-bond acceptors (Lipinski definition) is 8. The standard InChI is InChI=1S/C15H25N5O6/c16-5-2-1-3-8(17)13(24)19-11-12(23)9(7-21)26-14(11)20-6-4-10(22)18-15(20)25/h4,6,8-9,11-12,14,21,23H,1-3,5,7,16-17H2,(H,19,24)(H,18,22,25)/t8-,9-,11?,12?,14-/m0/s1. The maximum Gasteiger partial charge on any atom is 0.330 e. The minimum atomic E-state index is -1.26. The van der Waals surface area contributed by atoms with Crippen LogP contribution in [0, 0.1) is 0 Å². The van der Waals surface area contributed by atoms with Gasteiger partial charge in [-0.2, -0.15) is 0 Å². The summed E-state index contributed by atoms with van der Waals surface area (Å²) in [6.45, 7) is -0.0103. The lowest BCUT2D eigenvalue weighted by Gasteiger charge is -2.24. The van der Waals surface area contributed by atoms with E-state index >= 15 is 0 Å². The third-order valence-electron chi connectivity index (χ3n) is 4.29. The van der Waals surface area contributed by atoms with Gasteiger partial charge in [-0.3, -0.25) is 19.1 Å². The third kappa shape index (κ3) is 4.56. The molecule has 0 radical (unpaired) electrons. The molecule has 0 bridgehead atoms. The van der Waals surface area contributed by atoms with Gasteiger partial charge in [-0.25, -0.2) is 4.79 Å². The molecule has 0 aliphatic carbocycles. The van der Waals surface area contributed by atoms with E-state index in [0.717, 1.165) is 17.1 Å². The highest BCUT2D eigenvalue weighted by Gasteiger charge is 2.45. The van der Waals surface area contributed by atoms with Gasteiger partial charge in [-0.15, -0.1) is 0 Å². The molecule has 1 aliphatic heterocycles. The van der Waals surface area contributed by atoms with Gasteiger partial charge >= 0.3 is 5.69 Å². The van der Waals surface area contributed by atoms with E-state index < -0.39 is 54.3 Å². The number of aliphatic hydroxyl groups excluding tert-OH is 2. The van der Waals surface area contributed by atoms with Crippen molar-refractivity contribution in [3.63, 3.8) is 0 Å². The second-order valence-electron chi connectivity index (χ2n) is 6.18. The van der Waals surface area contributed by atoms with Crippen molar-refractivity contribution in [2.24, 2.45) is 11.5 Å². The van der Waals surface area contributed by atoms with E-state index in [4.69, 9.17) is 16.2 Å². The summed E-state index contributed by atoms with van der Waals surface area (Å²) in [5.41, 5.74) is 9.89. The molecule has 1 saturated heterocycles. The Labute approximate surface area is 149 Å². The number of hydrogen-bond donors (Lipinski definition) is 6. The summed E-state index contributed by atoms with van der Waals surface area (Å²) in [5, 5.41) is 22.2. The molecule has 1 fully saturated rings. The van der Waals surface area contributed by atoms with E-state index in [1.165, 1.54) is 6.20 Å². The van der Waals surface area contributed by atoms with Crippen LogP contribution < -0.4 is 28.0 Å². The van der Waals surface area contributed by atoms with Crippen molar-refractivity contribution in [3.05, 3.63) is 33.1 Å². The van der Waals surface area contributed by atoms with Crippen LogP contribution in [0.1, 0.15) is 25.5 Å². The van der Waals surface area contributed by atoms with Gasteiger partial charge in [-0.1, -0.05) is 6.42 Å². The highest BCUT2D eigenvalue weighted by atomic mass is 16.5. The number of nitrogens with zero attached hydrogens (tertiary/aromatic N) is 1. The summed E-state index contributed by atoms with van der Waals surface area (Å²) in [7, 11) is 0. The number of aliphatic hydroxyl groups is 2. The van der Waals surface area contributed by atoms with Crippen LogP contribution in [0.5, 0.6) is 0 Å². The zero-order chi connectivity index (χ0) is 19.3. The second-order valence-corrected chi connectivity index (χ2v) is 6.18. The summed E-state index contributed by atoms with van der Waals surface area (Å²) in [4.78, 5) is 37.6. The Bertz CT molecular complexity index is 719. The topological polar surface area (TPSA) is 186 Å². The highest BCUT2D eigenvalue weighted by molar-refractivity contribution is 5.81. The molecule has 11 nitrogen and oxygen atoms in total. The fourth-order valence-electron chi connectivity index (χ4n) is 2.83. The van der Waals surface area contributed by atoms with Crippen LogP contribution in [0.15, 0.2) is 21.9 Å². The average Bonchev–Trinajstić information content (AvgIpc) is 2.91. The molecule has 2 heterocycles. The maximum absolute atomic E-state index is 12.3. The number of unbranched alkanes of at least 4 members (excludes halogenated alkanes) is 1. The minimum Gasteiger partial charge on any atom is -0.394 e. The van der Waals surface area contributed by atoms with Crippen molar-refractivity contribution in [2.45, 2.75) is 49.8 Å². The van der Waals surface area contributed by atoms with E-state index in [1.807, 2.05) is 0 Å². The fourth-order valence-corrected chi connectivity index (χ4v) is 2.83. The lowest BCUT2D eigenvalue weighted by atomic mass is 10.1. The lowest BCUT2D eigenvalue weighted by Crippen LogP contribution is -2.52. The van der Waals surface area contributed by atoms with Crippen LogP contribution in [0.25, 0.3) is 0 Å². The number of nitrogens with two attached hydrogens (primary N) is 2. The Morgan fingerprint density at radius 1 is 1.42 bits per heavy atom. The van der Waals surface area contributed by atoms with Crippen LogP contribution in [-0.4, -0.2) is 63.1 Å². The average molecular weight is 371 g/mol. The Hall–Kier alpha value is -2.05. The number of amides is 1. The van der Waals surface area contributed by atoms with Gasteiger partial charge in [0.1, 0.15) is 18.2 Å². The molecule has 0 saturated carbocycles. The smallest absolute Gasteiger partial charge is 0.330 e. The Morgan fingerprint density at radius 2 is 2.15 bits per heavy atom. The molecule has 8 N–H and O–H groups in total. The molecule has 1 amide bonds. The van der Waals surface area contributed by atoms with Crippen LogP contribution in [0.2, 0.25) is 0 Å². The SMILES string of the molecule is NCCCC[C@H](N)C(=O)NC1C(O)[C@H](CO)O[C@@H]1n1ccc(=O)[nH]c1=O. The molecule has 2 rings (SSSR count). The van der Waals surface area contributed by atoms with E-state index in [1.54, 1.807) is 0 Å². The van der Waals surface area contributed by atoms with Crippen LogP contribution in [-0.2, 0) is 9.53 Å². The number of carbonyl (C=O) groups is 1. The number of ether oxygens (including phenoxy) is 1. The Balaban J connectivity index is 2.17. The molecule has 1 aliphatic rings. The molecule has 0 spiro atoms. The monoisotopic (exact) mass is 371 g/mol. The number of aromatic amines is 1. The molecule has 0 aromatic carbocycles. The first-order chi connectivity index (χ1) is 12.4. The first-order valence-corrected chi connectivity index (χ1v) is 8.41. The first-order valence-electron chi connectivity index (χ1n) is 8.41. The van der Waals surface area contributed by atoms with Gasteiger partial charge in [0.2, 0.25) is 5.91 Å². The molecule has 2 unspecified atom stereocenters. The Kier molecular flexibility index (Phi) is 7.06. The molecule has 11 heteroatoms. The summed E-state index contributed by atoms with van der Waals surface area (Å²) in [6, 6.07) is -0.723. The van der Waals surface area contributed by atoms with E-state index in [9.17, 15) is 24.6 Å². The number of H-pyrrole nitrogens is 1. The molecule has 5 atom stereocenters. The predicted molar refractivity (Wildman–Crippen MR) is 91.1 cm³/mol. The fraction of sp³-hybridized carbons (Fsp3) is 0.667. The van der Waals surface area contributed by atoms with Gasteiger partial charge in [0.15, 0.2) is 6.23 Å². The quantitative estimate of drug-likeness (QED) is 0.257. The minimum absolute atomic E-state index is 0.416. The maximum atomic E-state index is 12.3. The van der Waals surface area contributed by atoms with E-state index in [-0.39, 0.29) is 0 Å². The molecular weight excluding hydrogens is 346 g/mol. The lowest BCUT2D eigenvalue weighted by molar-refractivity contribution is -0.124. The van der Waals surface area contributed by atoms with Gasteiger partial charge in [-0.05, 0) is 19.4 Å². The van der Waals surface area contributed by atoms with Crippen molar-refractivity contribution < 1.29 is 19.7 Å². The third-order valence-corrected chi connectivity index (χ3v) is 4.29. The van der Waals surface area contributed by atoms with Crippen LogP contribution in [0.3, 0.4) is 0 Å². The summed E-state index contributed by atoms with van der Waals surface area (Å²) in [6.07, 6.45) is -0.346. The molecular formula is C15H25N5O6. The van der Waals surface area contributed by atoms with Crippen LogP contribution >= 0.6 is 0 Å². The number of carbonyl (C=O) groups excluding carboxylic acids is 1. The first kappa shape index (κ1) is 20.3. The normalized spacial score (nSPS) is 26.6. The van der Waals surface area contributed by atoms with E-state index in [0.29, 0.717) is 19.4 Å². The number of rotatable bonds is 8. The van der Waals surface area contributed by atoms with Crippen molar-refractivity contribution in [1.29, 1.82) is 0 Å². The van der Waals surface area contributed by atoms with Gasteiger partial charge in [0, 0.05) is 12.3 Å². The molecule has 1 aromatic rings. The van der Waals surface area contributed by atoms with Crippen molar-refractivity contribution in [3.8, 4) is 0 Å². The van der Waals surface area contributed by atoms with E-state index in [2.05, 4.69) is 10.3 Å². The summed E-state index contributed by atoms with van der Waals surface area (Å²) >= 11 is 0. The van der Waals surface area contributed by atoms with Gasteiger partial charge in [0.05, 0.1) is 12.6 Å². The van der Waals surface area contributed by atoms with Crippen molar-refractivity contribution in [1.82, 2.24) is 14.9 Å². The zero-order valence-electron chi connectivity index (χ0n) is 14.2. The number of nitrogens with one attached hydrogen (secondary N) is 2. The molecule has 146 valence electrons. The van der Waals surface area contributed by atoms with Gasteiger partial charge in [0.25, 0.3) is 5.56 Å². The van der Waals surface area contributed by atoms with Crippen LogP contribution in [0.4, 0.5) is 0 Å². The molecule has 1 aromatic heterocycles. The Morgan fingerprint density at radius 3 is 2.77 bits per heavy atom. The second kappa shape index (κ2) is 9.05. The van der Waals surface area contributed by atoms with Gasteiger partial charge < -0.3 is 31.7 Å². The zero-order valence-corrected chi connectivity index (χ0v) is 14.2. The van der Waals surface area contributed by atoms with Crippen molar-refractivity contribution in [2.75, 3.05) is 13.2 Å². The summed E-state index contributed by atoms with van der Waals surface area (Å²) in [5.74, 6) is -0.518. The predicted octanol–water partition coefficient (Wildman–Crippen LogP) is -3.27.